The number of piperidine rings is 1. The van der Waals surface area contributed by atoms with E-state index in [2.05, 4.69) is 0 Å². The zero-order chi connectivity index (χ0) is 17.1. The second-order valence-corrected chi connectivity index (χ2v) is 8.19. The first-order valence-electron chi connectivity index (χ1n) is 8.78. The maximum Gasteiger partial charge on any atom is 0.410 e. The number of likely N-dealkylation sites (tertiary alicyclic amines) is 1. The van der Waals surface area contributed by atoms with E-state index >= 15 is 0 Å². The van der Waals surface area contributed by atoms with E-state index in [1.165, 1.54) is 7.11 Å². The van der Waals surface area contributed by atoms with E-state index in [1.807, 2.05) is 25.7 Å². The number of esters is 1. The summed E-state index contributed by atoms with van der Waals surface area (Å²) in [6.45, 7) is 7.28. The van der Waals surface area contributed by atoms with Gasteiger partial charge in [-0.15, -0.1) is 0 Å². The Bertz CT molecular complexity index is 423. The first-order valence-corrected chi connectivity index (χ1v) is 8.78. The van der Waals surface area contributed by atoms with Gasteiger partial charge in [-0.1, -0.05) is 0 Å². The molecule has 0 atom stereocenters. The summed E-state index contributed by atoms with van der Waals surface area (Å²) < 4.78 is 10.2. The van der Waals surface area contributed by atoms with Crippen molar-refractivity contribution in [3.05, 3.63) is 0 Å². The fourth-order valence-electron chi connectivity index (χ4n) is 3.80. The Labute approximate surface area is 139 Å². The molecule has 1 aliphatic heterocycles. The molecule has 2 rings (SSSR count). The second-order valence-electron chi connectivity index (χ2n) is 8.19. The maximum atomic E-state index is 12.1. The molecule has 1 saturated carbocycles. The van der Waals surface area contributed by atoms with Crippen LogP contribution in [0, 0.1) is 11.3 Å². The summed E-state index contributed by atoms with van der Waals surface area (Å²) in [6, 6.07) is 0. The summed E-state index contributed by atoms with van der Waals surface area (Å²) in [6.07, 6.45) is 6.99. The molecule has 0 radical (unpaired) electrons. The first kappa shape index (κ1) is 18.1. The van der Waals surface area contributed by atoms with Gasteiger partial charge in [-0.3, -0.25) is 4.79 Å². The minimum atomic E-state index is -0.432. The van der Waals surface area contributed by atoms with Crippen LogP contribution >= 0.6 is 0 Å². The van der Waals surface area contributed by atoms with Crippen molar-refractivity contribution in [3.8, 4) is 0 Å². The van der Waals surface area contributed by atoms with Crippen LogP contribution < -0.4 is 0 Å². The minimum Gasteiger partial charge on any atom is -0.469 e. The van der Waals surface area contributed by atoms with Crippen LogP contribution in [-0.4, -0.2) is 42.8 Å². The Kier molecular flexibility index (Phi) is 5.58. The predicted octanol–water partition coefficient (Wildman–Crippen LogP) is 3.76. The molecular weight excluding hydrogens is 294 g/mol. The van der Waals surface area contributed by atoms with Gasteiger partial charge in [0.1, 0.15) is 5.60 Å². The van der Waals surface area contributed by atoms with Crippen molar-refractivity contribution < 1.29 is 19.1 Å². The van der Waals surface area contributed by atoms with Gasteiger partial charge in [-0.25, -0.2) is 4.79 Å². The number of carbonyl (C=O) groups is 2. The van der Waals surface area contributed by atoms with Crippen molar-refractivity contribution in [1.82, 2.24) is 4.90 Å². The Morgan fingerprint density at radius 2 is 1.65 bits per heavy atom. The number of hydrogen-bond acceptors (Lipinski definition) is 4. The van der Waals surface area contributed by atoms with Crippen LogP contribution in [0.5, 0.6) is 0 Å². The summed E-state index contributed by atoms with van der Waals surface area (Å²) in [5.74, 6) is 0.377. The van der Waals surface area contributed by atoms with Gasteiger partial charge in [0.15, 0.2) is 0 Å². The zero-order valence-corrected chi connectivity index (χ0v) is 15.0. The molecule has 1 saturated heterocycles. The van der Waals surface area contributed by atoms with Crippen LogP contribution in [0.1, 0.15) is 65.7 Å². The van der Waals surface area contributed by atoms with E-state index in [9.17, 15) is 9.59 Å². The van der Waals surface area contributed by atoms with Crippen LogP contribution in [0.4, 0.5) is 4.79 Å². The lowest BCUT2D eigenvalue weighted by Gasteiger charge is -2.45. The molecular formula is C18H31NO4. The molecule has 5 heteroatoms. The van der Waals surface area contributed by atoms with Crippen LogP contribution in [0.15, 0.2) is 0 Å². The quantitative estimate of drug-likeness (QED) is 0.725. The predicted molar refractivity (Wildman–Crippen MR) is 88.1 cm³/mol. The summed E-state index contributed by atoms with van der Waals surface area (Å²) in [5, 5.41) is 0. The van der Waals surface area contributed by atoms with Crippen LogP contribution in [-0.2, 0) is 14.3 Å². The number of carbonyl (C=O) groups excluding carboxylic acids is 2. The van der Waals surface area contributed by atoms with Crippen molar-refractivity contribution in [3.63, 3.8) is 0 Å². The van der Waals surface area contributed by atoms with Gasteiger partial charge in [0, 0.05) is 19.5 Å². The van der Waals surface area contributed by atoms with Gasteiger partial charge in [0.05, 0.1) is 7.11 Å². The fraction of sp³-hybridized carbons (Fsp3) is 0.889. The average Bonchev–Trinajstić information content (AvgIpc) is 2.48. The largest absolute Gasteiger partial charge is 0.469 e. The number of amides is 1. The SMILES string of the molecule is COC(=O)CC1CCC2(CC1)CCN(C(=O)OC(C)(C)C)CC2. The lowest BCUT2D eigenvalue weighted by atomic mass is 9.65. The molecule has 5 nitrogen and oxygen atoms in total. The molecule has 0 bridgehead atoms. The molecule has 0 aromatic carbocycles. The number of methoxy groups -OCH3 is 1. The Morgan fingerprint density at radius 1 is 1.09 bits per heavy atom. The number of nitrogens with zero attached hydrogens (tertiary/aromatic N) is 1. The second kappa shape index (κ2) is 7.10. The molecule has 1 heterocycles. The molecule has 0 unspecified atom stereocenters. The Morgan fingerprint density at radius 3 is 2.13 bits per heavy atom. The van der Waals surface area contributed by atoms with Crippen molar-refractivity contribution in [1.29, 1.82) is 0 Å². The van der Waals surface area contributed by atoms with Crippen molar-refractivity contribution >= 4 is 12.1 Å². The number of ether oxygens (including phenoxy) is 2. The van der Waals surface area contributed by atoms with Gasteiger partial charge >= 0.3 is 12.1 Å². The van der Waals surface area contributed by atoms with E-state index in [-0.39, 0.29) is 12.1 Å². The van der Waals surface area contributed by atoms with Crippen molar-refractivity contribution in [2.24, 2.45) is 11.3 Å². The normalized spacial score (nSPS) is 22.0. The third kappa shape index (κ3) is 5.11. The minimum absolute atomic E-state index is 0.0919. The van der Waals surface area contributed by atoms with E-state index in [0.29, 0.717) is 17.8 Å². The smallest absolute Gasteiger partial charge is 0.410 e. The molecule has 2 aliphatic rings. The highest BCUT2D eigenvalue weighted by atomic mass is 16.6. The Balaban J connectivity index is 1.78. The van der Waals surface area contributed by atoms with Crippen molar-refractivity contribution in [2.45, 2.75) is 71.3 Å². The number of hydrogen-bond donors (Lipinski definition) is 0. The molecule has 0 aromatic heterocycles. The van der Waals surface area contributed by atoms with Gasteiger partial charge in [0.25, 0.3) is 0 Å². The van der Waals surface area contributed by atoms with Crippen LogP contribution in [0.3, 0.4) is 0 Å². The van der Waals surface area contributed by atoms with E-state index in [1.54, 1.807) is 0 Å². The first-order chi connectivity index (χ1) is 10.7. The molecule has 132 valence electrons. The standard InChI is InChI=1S/C18H31NO4/c1-17(2,3)23-16(21)19-11-9-18(10-12-19)7-5-14(6-8-18)13-15(20)22-4/h14H,5-13H2,1-4H3. The lowest BCUT2D eigenvalue weighted by Crippen LogP contribution is -2.46. The van der Waals surface area contributed by atoms with E-state index < -0.39 is 5.60 Å². The molecule has 1 spiro atoms. The highest BCUT2D eigenvalue weighted by Crippen LogP contribution is 2.47. The summed E-state index contributed by atoms with van der Waals surface area (Å²) in [4.78, 5) is 25.4. The van der Waals surface area contributed by atoms with Crippen molar-refractivity contribution in [2.75, 3.05) is 20.2 Å². The maximum absolute atomic E-state index is 12.1. The highest BCUT2D eigenvalue weighted by Gasteiger charge is 2.40. The molecule has 0 aromatic rings. The third-order valence-electron chi connectivity index (χ3n) is 5.32. The van der Waals surface area contributed by atoms with E-state index in [0.717, 1.165) is 51.6 Å². The zero-order valence-electron chi connectivity index (χ0n) is 15.0. The average molecular weight is 325 g/mol. The van der Waals surface area contributed by atoms with Crippen LogP contribution in [0.25, 0.3) is 0 Å². The fourth-order valence-corrected chi connectivity index (χ4v) is 3.80. The summed E-state index contributed by atoms with van der Waals surface area (Å²) in [7, 11) is 1.46. The molecule has 2 fully saturated rings. The van der Waals surface area contributed by atoms with Crippen LogP contribution in [0.2, 0.25) is 0 Å². The molecule has 23 heavy (non-hydrogen) atoms. The molecule has 1 aliphatic carbocycles. The monoisotopic (exact) mass is 325 g/mol. The van der Waals surface area contributed by atoms with Gasteiger partial charge in [-0.2, -0.15) is 0 Å². The summed E-state index contributed by atoms with van der Waals surface area (Å²) in [5.41, 5.74) is -0.0662. The lowest BCUT2D eigenvalue weighted by molar-refractivity contribution is -0.142. The van der Waals surface area contributed by atoms with Gasteiger partial charge in [0.2, 0.25) is 0 Å². The van der Waals surface area contributed by atoms with Gasteiger partial charge in [-0.05, 0) is 70.6 Å². The molecule has 1 amide bonds. The molecule has 0 N–H and O–H groups in total. The summed E-state index contributed by atoms with van der Waals surface area (Å²) >= 11 is 0. The van der Waals surface area contributed by atoms with E-state index in [4.69, 9.17) is 9.47 Å². The Hall–Kier alpha value is -1.26. The number of rotatable bonds is 2. The topological polar surface area (TPSA) is 55.8 Å². The van der Waals surface area contributed by atoms with Gasteiger partial charge < -0.3 is 14.4 Å². The highest BCUT2D eigenvalue weighted by molar-refractivity contribution is 5.69. The third-order valence-corrected chi connectivity index (χ3v) is 5.32.